The maximum Gasteiger partial charge on any atom is 0.230 e. The molecule has 1 saturated carbocycles. The van der Waals surface area contributed by atoms with Crippen LogP contribution < -0.4 is 15.1 Å². The molecule has 2 bridgehead atoms. The van der Waals surface area contributed by atoms with Crippen molar-refractivity contribution in [1.82, 2.24) is 4.98 Å². The molecular formula is C29H38N4O3. The minimum absolute atomic E-state index is 0.0190. The summed E-state index contributed by atoms with van der Waals surface area (Å²) in [4.78, 5) is 23.3. The van der Waals surface area contributed by atoms with Gasteiger partial charge in [0.2, 0.25) is 5.91 Å². The van der Waals surface area contributed by atoms with Gasteiger partial charge in [0.15, 0.2) is 0 Å². The van der Waals surface area contributed by atoms with Crippen LogP contribution >= 0.6 is 0 Å². The Morgan fingerprint density at radius 2 is 1.97 bits per heavy atom. The Bertz CT molecular complexity index is 1120. The highest BCUT2D eigenvalue weighted by Crippen LogP contribution is 2.44. The van der Waals surface area contributed by atoms with E-state index >= 15 is 0 Å². The van der Waals surface area contributed by atoms with Crippen molar-refractivity contribution in [1.29, 1.82) is 0 Å². The molecule has 2 atom stereocenters. The van der Waals surface area contributed by atoms with Crippen molar-refractivity contribution >= 4 is 28.8 Å². The number of nitrogens with one attached hydrogen (secondary N) is 1. The summed E-state index contributed by atoms with van der Waals surface area (Å²) in [6, 6.07) is 8.79. The van der Waals surface area contributed by atoms with Crippen molar-refractivity contribution < 1.29 is 14.3 Å². The predicted octanol–water partition coefficient (Wildman–Crippen LogP) is 5.33. The van der Waals surface area contributed by atoms with Crippen LogP contribution in [-0.4, -0.2) is 48.4 Å². The Balaban J connectivity index is 1.34. The molecule has 1 N–H and O–H groups in total. The zero-order valence-corrected chi connectivity index (χ0v) is 21.7. The smallest absolute Gasteiger partial charge is 0.230 e. The van der Waals surface area contributed by atoms with E-state index in [0.29, 0.717) is 18.7 Å². The number of piperidine rings is 1. The number of amides is 1. The molecule has 7 heteroatoms. The molecule has 5 aliphatic rings. The van der Waals surface area contributed by atoms with Crippen LogP contribution in [-0.2, 0) is 20.8 Å². The highest BCUT2D eigenvalue weighted by Gasteiger charge is 2.38. The number of hydrogen-bond donors (Lipinski definition) is 1. The van der Waals surface area contributed by atoms with Gasteiger partial charge in [0.25, 0.3) is 0 Å². The average molecular weight is 491 g/mol. The van der Waals surface area contributed by atoms with Gasteiger partial charge in [0.1, 0.15) is 5.82 Å². The molecule has 192 valence electrons. The first-order valence-corrected chi connectivity index (χ1v) is 13.7. The molecule has 1 aliphatic carbocycles. The Hall–Kier alpha value is -2.64. The Labute approximate surface area is 214 Å². The van der Waals surface area contributed by atoms with Crippen LogP contribution in [0.15, 0.2) is 30.5 Å². The molecule has 7 rings (SSSR count). The van der Waals surface area contributed by atoms with Crippen LogP contribution in [0.3, 0.4) is 0 Å². The van der Waals surface area contributed by atoms with Crippen LogP contribution in [0.4, 0.5) is 22.9 Å². The van der Waals surface area contributed by atoms with E-state index in [-0.39, 0.29) is 24.0 Å². The Kier molecular flexibility index (Phi) is 6.38. The zero-order valence-electron chi connectivity index (χ0n) is 21.7. The maximum absolute atomic E-state index is 14.2. The van der Waals surface area contributed by atoms with Gasteiger partial charge in [0, 0.05) is 29.9 Å². The number of hydrogen-bond acceptors (Lipinski definition) is 6. The standard InChI is InChI=1S/C29H38N4O3/c1-18(2)36-23-9-6-20(7-10-23)29(34)33-15-21-5-4-14-30-28(21)31-25-12-13-26(19(3)27(25)33)32-16-24-11-8-22(32)17-35-24/h4-5,12-14,18,20,22-24H,6-11,15-17H2,1-3H3,(H,30,31)/t20-,22-,23-,24-/m0/s1. The van der Waals surface area contributed by atoms with Gasteiger partial charge in [0.05, 0.1) is 48.9 Å². The third-order valence-corrected chi connectivity index (χ3v) is 8.40. The van der Waals surface area contributed by atoms with Crippen molar-refractivity contribution in [2.45, 2.75) is 90.2 Å². The van der Waals surface area contributed by atoms with E-state index in [2.05, 4.69) is 54.2 Å². The third kappa shape index (κ3) is 4.37. The molecular weight excluding hydrogens is 452 g/mol. The fourth-order valence-electron chi connectivity index (χ4n) is 6.59. The number of carbonyl (C=O) groups excluding carboxylic acids is 1. The summed E-state index contributed by atoms with van der Waals surface area (Å²) in [6.07, 6.45) is 8.56. The van der Waals surface area contributed by atoms with Crippen LogP contribution in [0, 0.1) is 12.8 Å². The van der Waals surface area contributed by atoms with E-state index in [9.17, 15) is 4.79 Å². The van der Waals surface area contributed by atoms with Gasteiger partial charge in [-0.15, -0.1) is 0 Å². The van der Waals surface area contributed by atoms with Crippen LogP contribution in [0.1, 0.15) is 63.5 Å². The molecule has 1 aromatic heterocycles. The van der Waals surface area contributed by atoms with Gasteiger partial charge >= 0.3 is 0 Å². The molecule has 0 unspecified atom stereocenters. The van der Waals surface area contributed by atoms with Crippen molar-refractivity contribution in [3.05, 3.63) is 41.6 Å². The van der Waals surface area contributed by atoms with Crippen molar-refractivity contribution in [2.24, 2.45) is 5.92 Å². The summed E-state index contributed by atoms with van der Waals surface area (Å²) in [6.45, 7) is 8.60. The number of rotatable bonds is 4. The topological polar surface area (TPSA) is 66.9 Å². The lowest BCUT2D eigenvalue weighted by Crippen LogP contribution is -2.54. The van der Waals surface area contributed by atoms with Gasteiger partial charge in [-0.3, -0.25) is 4.79 Å². The van der Waals surface area contributed by atoms with Gasteiger partial charge in [-0.05, 0) is 83.1 Å². The molecule has 36 heavy (non-hydrogen) atoms. The molecule has 0 spiro atoms. The zero-order chi connectivity index (χ0) is 24.8. The van der Waals surface area contributed by atoms with E-state index in [1.54, 1.807) is 0 Å². The van der Waals surface area contributed by atoms with Gasteiger partial charge < -0.3 is 24.6 Å². The van der Waals surface area contributed by atoms with Crippen molar-refractivity contribution in [3.63, 3.8) is 0 Å². The maximum atomic E-state index is 14.2. The average Bonchev–Trinajstić information content (AvgIpc) is 3.06. The minimum atomic E-state index is 0.0190. The molecule has 5 heterocycles. The fourth-order valence-corrected chi connectivity index (χ4v) is 6.59. The molecule has 1 aromatic carbocycles. The Morgan fingerprint density at radius 1 is 1.14 bits per heavy atom. The monoisotopic (exact) mass is 490 g/mol. The highest BCUT2D eigenvalue weighted by atomic mass is 16.5. The minimum Gasteiger partial charge on any atom is -0.376 e. The lowest BCUT2D eigenvalue weighted by atomic mass is 9.86. The first-order valence-electron chi connectivity index (χ1n) is 13.7. The van der Waals surface area contributed by atoms with Crippen LogP contribution in [0.25, 0.3) is 0 Å². The SMILES string of the molecule is Cc1c(N2C[C@@H]3CC[C@H]2CO3)ccc2c1N(C(=O)[C@H]1CC[C@H](OC(C)C)CC1)Cc1cccnc1N2. The molecule has 2 aromatic rings. The summed E-state index contributed by atoms with van der Waals surface area (Å²) in [5, 5.41) is 3.56. The summed E-state index contributed by atoms with van der Waals surface area (Å²) in [5.41, 5.74) is 5.38. The first kappa shape index (κ1) is 23.7. The van der Waals surface area contributed by atoms with Crippen molar-refractivity contribution in [2.75, 3.05) is 28.3 Å². The second-order valence-electron chi connectivity index (χ2n) is 11.2. The summed E-state index contributed by atoms with van der Waals surface area (Å²) < 4.78 is 12.0. The van der Waals surface area contributed by atoms with Gasteiger partial charge in [-0.25, -0.2) is 4.98 Å². The van der Waals surface area contributed by atoms with Crippen LogP contribution in [0.5, 0.6) is 0 Å². The Morgan fingerprint density at radius 3 is 2.67 bits per heavy atom. The number of carbonyl (C=O) groups is 1. The van der Waals surface area contributed by atoms with E-state index in [0.717, 1.165) is 73.6 Å². The number of nitrogens with zero attached hydrogens (tertiary/aromatic N) is 3. The van der Waals surface area contributed by atoms with E-state index in [1.807, 2.05) is 17.2 Å². The highest BCUT2D eigenvalue weighted by molar-refractivity contribution is 6.01. The van der Waals surface area contributed by atoms with E-state index in [4.69, 9.17) is 9.47 Å². The normalized spacial score (nSPS) is 27.3. The van der Waals surface area contributed by atoms with E-state index in [1.165, 1.54) is 12.1 Å². The molecule has 1 amide bonds. The quantitative estimate of drug-likeness (QED) is 0.625. The summed E-state index contributed by atoms with van der Waals surface area (Å²) >= 11 is 0. The second kappa shape index (κ2) is 9.67. The number of fused-ring (bicyclic) bond motifs is 5. The molecule has 4 fully saturated rings. The summed E-state index contributed by atoms with van der Waals surface area (Å²) in [7, 11) is 0. The molecule has 0 radical (unpaired) electrons. The predicted molar refractivity (Wildman–Crippen MR) is 142 cm³/mol. The second-order valence-corrected chi connectivity index (χ2v) is 11.2. The summed E-state index contributed by atoms with van der Waals surface area (Å²) in [5.74, 6) is 1.08. The lowest BCUT2D eigenvalue weighted by molar-refractivity contribution is -0.124. The molecule has 7 nitrogen and oxygen atoms in total. The van der Waals surface area contributed by atoms with Gasteiger partial charge in [-0.1, -0.05) is 6.07 Å². The number of morpholine rings is 1. The number of anilines is 4. The number of benzene rings is 1. The number of aromatic nitrogens is 1. The largest absolute Gasteiger partial charge is 0.376 e. The fraction of sp³-hybridized carbons (Fsp3) is 0.586. The number of ether oxygens (including phenoxy) is 2. The third-order valence-electron chi connectivity index (χ3n) is 8.40. The van der Waals surface area contributed by atoms with Crippen molar-refractivity contribution in [3.8, 4) is 0 Å². The molecule has 4 aliphatic heterocycles. The van der Waals surface area contributed by atoms with Gasteiger partial charge in [-0.2, -0.15) is 0 Å². The number of pyridine rings is 1. The van der Waals surface area contributed by atoms with Crippen LogP contribution in [0.2, 0.25) is 0 Å². The molecule has 3 saturated heterocycles. The van der Waals surface area contributed by atoms with E-state index < -0.39 is 0 Å². The first-order chi connectivity index (χ1) is 17.5. The lowest BCUT2D eigenvalue weighted by Gasteiger charge is -2.47.